The Hall–Kier alpha value is -3.48. The molecule has 0 bridgehead atoms. The highest BCUT2D eigenvalue weighted by atomic mass is 19.1. The van der Waals surface area contributed by atoms with Crippen LogP contribution in [0.2, 0.25) is 0 Å². The molecule has 3 aromatic rings. The van der Waals surface area contributed by atoms with Gasteiger partial charge in [-0.3, -0.25) is 9.59 Å². The van der Waals surface area contributed by atoms with Crippen LogP contribution in [0.1, 0.15) is 29.7 Å². The van der Waals surface area contributed by atoms with Crippen molar-refractivity contribution in [3.05, 3.63) is 77.3 Å². The normalized spacial score (nSPS) is 17.8. The van der Waals surface area contributed by atoms with Gasteiger partial charge in [0.15, 0.2) is 0 Å². The lowest BCUT2D eigenvalue weighted by molar-refractivity contribution is -0.133. The van der Waals surface area contributed by atoms with Crippen LogP contribution in [-0.2, 0) is 22.4 Å². The smallest absolute Gasteiger partial charge is 0.228 e. The number of benzene rings is 2. The lowest BCUT2D eigenvalue weighted by Gasteiger charge is -2.26. The maximum absolute atomic E-state index is 13.9. The number of likely N-dealkylation sites (tertiary alicyclic amines) is 1. The average molecular weight is 450 g/mol. The van der Waals surface area contributed by atoms with E-state index < -0.39 is 5.41 Å². The number of hydrogen-bond acceptors (Lipinski definition) is 4. The first kappa shape index (κ1) is 22.7. The summed E-state index contributed by atoms with van der Waals surface area (Å²) in [6.07, 6.45) is 1.41. The number of nitrogens with zero attached hydrogens (tertiary/aromatic N) is 2. The SMILES string of the molecule is CNC(=O)[C@@]1(Cc2cc(-c3ccccc3C)no2)CCN(C(=O)CCc2ccccc2F)C1. The van der Waals surface area contributed by atoms with E-state index in [9.17, 15) is 14.0 Å². The van der Waals surface area contributed by atoms with E-state index in [0.29, 0.717) is 43.7 Å². The first-order valence-electron chi connectivity index (χ1n) is 11.2. The Bertz CT molecular complexity index is 1160. The zero-order valence-electron chi connectivity index (χ0n) is 18.9. The van der Waals surface area contributed by atoms with Gasteiger partial charge in [-0.2, -0.15) is 0 Å². The largest absolute Gasteiger partial charge is 0.361 e. The van der Waals surface area contributed by atoms with Gasteiger partial charge in [-0.1, -0.05) is 47.6 Å². The van der Waals surface area contributed by atoms with E-state index in [1.54, 1.807) is 30.1 Å². The molecule has 7 heteroatoms. The molecule has 1 aromatic heterocycles. The molecule has 0 radical (unpaired) electrons. The molecule has 1 saturated heterocycles. The highest BCUT2D eigenvalue weighted by molar-refractivity contribution is 5.85. The van der Waals surface area contributed by atoms with Gasteiger partial charge >= 0.3 is 0 Å². The van der Waals surface area contributed by atoms with Crippen molar-refractivity contribution < 1.29 is 18.5 Å². The molecule has 0 aliphatic carbocycles. The quantitative estimate of drug-likeness (QED) is 0.593. The number of aromatic nitrogens is 1. The predicted molar refractivity (Wildman–Crippen MR) is 123 cm³/mol. The van der Waals surface area contributed by atoms with Crippen LogP contribution in [0.4, 0.5) is 4.39 Å². The summed E-state index contributed by atoms with van der Waals surface area (Å²) in [5.41, 5.74) is 2.54. The zero-order chi connectivity index (χ0) is 23.4. The standard InChI is InChI=1S/C26H28FN3O3/c1-18-7-3-5-9-21(18)23-15-20(33-29-23)16-26(25(32)28-2)13-14-30(17-26)24(31)12-11-19-8-4-6-10-22(19)27/h3-10,15H,11-14,16-17H2,1-2H3,(H,28,32)/t26-/m1/s1. The minimum Gasteiger partial charge on any atom is -0.361 e. The van der Waals surface area contributed by atoms with Gasteiger partial charge in [0.25, 0.3) is 0 Å². The third-order valence-electron chi connectivity index (χ3n) is 6.47. The molecule has 0 saturated carbocycles. The van der Waals surface area contributed by atoms with E-state index >= 15 is 0 Å². The molecule has 172 valence electrons. The van der Waals surface area contributed by atoms with Crippen LogP contribution in [0.3, 0.4) is 0 Å². The summed E-state index contributed by atoms with van der Waals surface area (Å²) in [5, 5.41) is 6.96. The fourth-order valence-corrected chi connectivity index (χ4v) is 4.58. The van der Waals surface area contributed by atoms with E-state index in [1.165, 1.54) is 6.07 Å². The molecule has 6 nitrogen and oxygen atoms in total. The Balaban J connectivity index is 1.46. The van der Waals surface area contributed by atoms with Gasteiger partial charge in [-0.25, -0.2) is 4.39 Å². The Labute approximate surface area is 192 Å². The highest BCUT2D eigenvalue weighted by Gasteiger charge is 2.46. The first-order valence-corrected chi connectivity index (χ1v) is 11.2. The Kier molecular flexibility index (Phi) is 6.58. The van der Waals surface area contributed by atoms with Crippen molar-refractivity contribution in [2.75, 3.05) is 20.1 Å². The summed E-state index contributed by atoms with van der Waals surface area (Å²) in [5.74, 6) is 0.0988. The maximum Gasteiger partial charge on any atom is 0.228 e. The Morgan fingerprint density at radius 1 is 1.18 bits per heavy atom. The van der Waals surface area contributed by atoms with Crippen molar-refractivity contribution in [1.29, 1.82) is 0 Å². The summed E-state index contributed by atoms with van der Waals surface area (Å²) in [6.45, 7) is 2.78. The lowest BCUT2D eigenvalue weighted by atomic mass is 9.81. The van der Waals surface area contributed by atoms with Crippen LogP contribution in [0, 0.1) is 18.2 Å². The van der Waals surface area contributed by atoms with Crippen LogP contribution in [0.15, 0.2) is 59.1 Å². The number of halogens is 1. The van der Waals surface area contributed by atoms with Gasteiger partial charge in [-0.05, 0) is 37.0 Å². The molecule has 4 rings (SSSR count). The third kappa shape index (κ3) is 4.82. The second kappa shape index (κ2) is 9.57. The van der Waals surface area contributed by atoms with E-state index in [-0.39, 0.29) is 24.1 Å². The summed E-state index contributed by atoms with van der Waals surface area (Å²) in [7, 11) is 1.60. The van der Waals surface area contributed by atoms with Crippen molar-refractivity contribution in [2.24, 2.45) is 5.41 Å². The van der Waals surface area contributed by atoms with Crippen LogP contribution >= 0.6 is 0 Å². The molecule has 1 aliphatic rings. The minimum absolute atomic E-state index is 0.0813. The molecule has 1 aliphatic heterocycles. The molecule has 33 heavy (non-hydrogen) atoms. The predicted octanol–water partition coefficient (Wildman–Crippen LogP) is 3.93. The summed E-state index contributed by atoms with van der Waals surface area (Å²) < 4.78 is 19.5. The number of nitrogens with one attached hydrogen (secondary N) is 1. The molecule has 1 fully saturated rings. The van der Waals surface area contributed by atoms with Gasteiger partial charge < -0.3 is 14.7 Å². The van der Waals surface area contributed by atoms with E-state index in [2.05, 4.69) is 10.5 Å². The van der Waals surface area contributed by atoms with Crippen molar-refractivity contribution >= 4 is 11.8 Å². The number of rotatable bonds is 7. The van der Waals surface area contributed by atoms with Crippen LogP contribution in [0.5, 0.6) is 0 Å². The van der Waals surface area contributed by atoms with E-state index in [0.717, 1.165) is 16.8 Å². The van der Waals surface area contributed by atoms with Crippen molar-refractivity contribution in [1.82, 2.24) is 15.4 Å². The minimum atomic E-state index is -0.787. The molecule has 1 N–H and O–H groups in total. The van der Waals surface area contributed by atoms with E-state index in [4.69, 9.17) is 4.52 Å². The van der Waals surface area contributed by atoms with Gasteiger partial charge in [0, 0.05) is 44.6 Å². The fraction of sp³-hybridized carbons (Fsp3) is 0.346. The fourth-order valence-electron chi connectivity index (χ4n) is 4.58. The molecule has 2 heterocycles. The number of hydrogen-bond donors (Lipinski definition) is 1. The zero-order valence-corrected chi connectivity index (χ0v) is 18.9. The first-order chi connectivity index (χ1) is 15.9. The van der Waals surface area contributed by atoms with Gasteiger partial charge in [0.05, 0.1) is 5.41 Å². The number of amides is 2. The van der Waals surface area contributed by atoms with Crippen molar-refractivity contribution in [2.45, 2.75) is 32.6 Å². The van der Waals surface area contributed by atoms with Crippen LogP contribution in [0.25, 0.3) is 11.3 Å². The van der Waals surface area contributed by atoms with Gasteiger partial charge in [0.2, 0.25) is 11.8 Å². The van der Waals surface area contributed by atoms with Crippen molar-refractivity contribution in [3.8, 4) is 11.3 Å². The second-order valence-corrected chi connectivity index (χ2v) is 8.69. The molecular formula is C26H28FN3O3. The molecule has 0 spiro atoms. The molecule has 1 atom stereocenters. The Morgan fingerprint density at radius 2 is 1.94 bits per heavy atom. The van der Waals surface area contributed by atoms with Crippen LogP contribution in [-0.4, -0.2) is 42.0 Å². The van der Waals surface area contributed by atoms with Crippen molar-refractivity contribution in [3.63, 3.8) is 0 Å². The topological polar surface area (TPSA) is 75.4 Å². The van der Waals surface area contributed by atoms with Crippen LogP contribution < -0.4 is 5.32 Å². The van der Waals surface area contributed by atoms with E-state index in [1.807, 2.05) is 37.3 Å². The highest BCUT2D eigenvalue weighted by Crippen LogP contribution is 2.36. The lowest BCUT2D eigenvalue weighted by Crippen LogP contribution is -2.44. The number of carbonyl (C=O) groups excluding carboxylic acids is 2. The summed E-state index contributed by atoms with van der Waals surface area (Å²) in [6, 6.07) is 16.3. The molecule has 2 amide bonds. The molecule has 2 aromatic carbocycles. The Morgan fingerprint density at radius 3 is 2.70 bits per heavy atom. The molecule has 0 unspecified atom stereocenters. The monoisotopic (exact) mass is 449 g/mol. The second-order valence-electron chi connectivity index (χ2n) is 8.69. The van der Waals surface area contributed by atoms with Gasteiger partial charge in [0.1, 0.15) is 17.3 Å². The summed E-state index contributed by atoms with van der Waals surface area (Å²) >= 11 is 0. The van der Waals surface area contributed by atoms with Gasteiger partial charge in [-0.15, -0.1) is 0 Å². The average Bonchev–Trinajstić information content (AvgIpc) is 3.46. The summed E-state index contributed by atoms with van der Waals surface area (Å²) in [4.78, 5) is 27.4. The third-order valence-corrected chi connectivity index (χ3v) is 6.47. The molecular weight excluding hydrogens is 421 g/mol. The number of aryl methyl sites for hydroxylation is 2. The number of carbonyl (C=O) groups is 2. The maximum atomic E-state index is 13.9.